The molecule has 2 aromatic heterocycles. The molecule has 0 atom stereocenters. The fourth-order valence-electron chi connectivity index (χ4n) is 1.82. The molecule has 0 unspecified atom stereocenters. The molecule has 112 valence electrons. The second-order valence-electron chi connectivity index (χ2n) is 5.11. The van der Waals surface area contributed by atoms with Gasteiger partial charge in [-0.1, -0.05) is 13.8 Å². The molecule has 0 fully saturated rings. The molecule has 0 saturated heterocycles. The van der Waals surface area contributed by atoms with E-state index in [-0.39, 0.29) is 11.8 Å². The molecular weight excluding hydrogens is 282 g/mol. The highest BCUT2D eigenvalue weighted by Crippen LogP contribution is 2.25. The summed E-state index contributed by atoms with van der Waals surface area (Å²) < 4.78 is 10.8. The summed E-state index contributed by atoms with van der Waals surface area (Å²) in [6.45, 7) is 3.69. The number of aromatic nitrogens is 2. The molecule has 6 nitrogen and oxygen atoms in total. The van der Waals surface area contributed by atoms with E-state index in [1.54, 1.807) is 30.5 Å². The van der Waals surface area contributed by atoms with Gasteiger partial charge in [0.1, 0.15) is 0 Å². The number of rotatable bonds is 4. The van der Waals surface area contributed by atoms with Crippen LogP contribution in [0.1, 0.15) is 13.8 Å². The smallest absolute Gasteiger partial charge is 0.283 e. The zero-order valence-electron chi connectivity index (χ0n) is 12.2. The van der Waals surface area contributed by atoms with Gasteiger partial charge in [0.25, 0.3) is 5.89 Å². The second kappa shape index (κ2) is 5.85. The third-order valence-corrected chi connectivity index (χ3v) is 3.08. The van der Waals surface area contributed by atoms with E-state index in [0.29, 0.717) is 17.5 Å². The number of nitrogens with zero attached hydrogens (tertiary/aromatic N) is 2. The Kier molecular flexibility index (Phi) is 3.74. The van der Waals surface area contributed by atoms with Crippen LogP contribution >= 0.6 is 0 Å². The highest BCUT2D eigenvalue weighted by Gasteiger charge is 2.13. The summed E-state index contributed by atoms with van der Waals surface area (Å²) in [5, 5.41) is 10.8. The third kappa shape index (κ3) is 2.90. The van der Waals surface area contributed by atoms with Crippen LogP contribution in [0.15, 0.2) is 51.5 Å². The van der Waals surface area contributed by atoms with Crippen molar-refractivity contribution in [3.05, 3.63) is 42.7 Å². The average molecular weight is 297 g/mol. The molecule has 0 saturated carbocycles. The predicted octanol–water partition coefficient (Wildman–Crippen LogP) is 3.59. The van der Waals surface area contributed by atoms with Gasteiger partial charge < -0.3 is 14.2 Å². The van der Waals surface area contributed by atoms with E-state index in [4.69, 9.17) is 8.83 Å². The van der Waals surface area contributed by atoms with Crippen LogP contribution in [-0.4, -0.2) is 16.1 Å². The minimum atomic E-state index is -0.0635. The van der Waals surface area contributed by atoms with Crippen molar-refractivity contribution in [1.82, 2.24) is 10.2 Å². The summed E-state index contributed by atoms with van der Waals surface area (Å²) in [7, 11) is 0. The van der Waals surface area contributed by atoms with E-state index >= 15 is 0 Å². The Morgan fingerprint density at radius 1 is 1.09 bits per heavy atom. The molecule has 6 heteroatoms. The van der Waals surface area contributed by atoms with E-state index in [0.717, 1.165) is 11.3 Å². The van der Waals surface area contributed by atoms with E-state index in [1.165, 1.54) is 0 Å². The van der Waals surface area contributed by atoms with Gasteiger partial charge in [0.2, 0.25) is 11.8 Å². The third-order valence-electron chi connectivity index (χ3n) is 3.08. The molecule has 1 amide bonds. The van der Waals surface area contributed by atoms with E-state index < -0.39 is 0 Å². The first kappa shape index (κ1) is 14.1. The number of anilines is 1. The molecule has 0 aliphatic carbocycles. The normalized spacial score (nSPS) is 10.9. The molecule has 3 rings (SSSR count). The van der Waals surface area contributed by atoms with Crippen LogP contribution in [0.5, 0.6) is 0 Å². The first-order valence-electron chi connectivity index (χ1n) is 6.92. The Morgan fingerprint density at radius 3 is 2.45 bits per heavy atom. The van der Waals surface area contributed by atoms with Crippen LogP contribution in [0.4, 0.5) is 5.69 Å². The molecule has 1 N–H and O–H groups in total. The van der Waals surface area contributed by atoms with Gasteiger partial charge in [-0.15, -0.1) is 10.2 Å². The van der Waals surface area contributed by atoms with Gasteiger partial charge >= 0.3 is 0 Å². The summed E-state index contributed by atoms with van der Waals surface area (Å²) in [6.07, 6.45) is 1.55. The lowest BCUT2D eigenvalue weighted by Crippen LogP contribution is -2.17. The number of hydrogen-bond acceptors (Lipinski definition) is 5. The maximum Gasteiger partial charge on any atom is 0.283 e. The molecule has 3 aromatic rings. The van der Waals surface area contributed by atoms with Crippen LogP contribution in [0.2, 0.25) is 0 Å². The van der Waals surface area contributed by atoms with Crippen molar-refractivity contribution in [3.8, 4) is 23.1 Å². The Morgan fingerprint density at radius 2 is 1.82 bits per heavy atom. The summed E-state index contributed by atoms with van der Waals surface area (Å²) in [5.74, 6) is 1.17. The molecule has 2 heterocycles. The van der Waals surface area contributed by atoms with Crippen molar-refractivity contribution in [2.24, 2.45) is 5.92 Å². The lowest BCUT2D eigenvalue weighted by molar-refractivity contribution is -0.118. The summed E-state index contributed by atoms with van der Waals surface area (Å²) >= 11 is 0. The highest BCUT2D eigenvalue weighted by molar-refractivity contribution is 5.92. The Bertz CT molecular complexity index is 758. The monoisotopic (exact) mass is 297 g/mol. The fraction of sp³-hybridized carbons (Fsp3) is 0.188. The summed E-state index contributed by atoms with van der Waals surface area (Å²) in [5.41, 5.74) is 1.50. The van der Waals surface area contributed by atoms with Gasteiger partial charge in [-0.3, -0.25) is 4.79 Å². The number of carbonyl (C=O) groups is 1. The van der Waals surface area contributed by atoms with Crippen LogP contribution in [0, 0.1) is 5.92 Å². The minimum absolute atomic E-state index is 0.0226. The van der Waals surface area contributed by atoms with Gasteiger partial charge in [-0.2, -0.15) is 0 Å². The zero-order chi connectivity index (χ0) is 15.5. The lowest BCUT2D eigenvalue weighted by atomic mass is 10.1. The minimum Gasteiger partial charge on any atom is -0.459 e. The van der Waals surface area contributed by atoms with Crippen LogP contribution in [0.3, 0.4) is 0 Å². The number of benzene rings is 1. The molecular formula is C16H15N3O3. The molecule has 0 aliphatic rings. The van der Waals surface area contributed by atoms with Crippen LogP contribution in [-0.2, 0) is 4.79 Å². The largest absolute Gasteiger partial charge is 0.459 e. The molecule has 22 heavy (non-hydrogen) atoms. The number of furan rings is 1. The van der Waals surface area contributed by atoms with Crippen LogP contribution < -0.4 is 5.32 Å². The highest BCUT2D eigenvalue weighted by atomic mass is 16.4. The molecule has 1 aromatic carbocycles. The molecule has 0 aliphatic heterocycles. The van der Waals surface area contributed by atoms with Crippen molar-refractivity contribution >= 4 is 11.6 Å². The Balaban J connectivity index is 1.77. The average Bonchev–Trinajstić information content (AvgIpc) is 3.19. The van der Waals surface area contributed by atoms with Gasteiger partial charge in [0.15, 0.2) is 5.76 Å². The standard InChI is InChI=1S/C16H15N3O3/c1-10(2)14(20)17-12-7-5-11(6-8-12)15-18-19-16(22-15)13-4-3-9-21-13/h3-10H,1-2H3,(H,17,20). The number of nitrogens with one attached hydrogen (secondary N) is 1. The maximum absolute atomic E-state index is 11.6. The number of carbonyl (C=O) groups excluding carboxylic acids is 1. The molecule has 0 spiro atoms. The van der Waals surface area contributed by atoms with Crippen LogP contribution in [0.25, 0.3) is 23.1 Å². The van der Waals surface area contributed by atoms with Crippen molar-refractivity contribution in [1.29, 1.82) is 0 Å². The van der Waals surface area contributed by atoms with Crippen molar-refractivity contribution in [2.45, 2.75) is 13.8 Å². The predicted molar refractivity (Wildman–Crippen MR) is 80.9 cm³/mol. The van der Waals surface area contributed by atoms with Crippen molar-refractivity contribution in [2.75, 3.05) is 5.32 Å². The zero-order valence-corrected chi connectivity index (χ0v) is 12.2. The Hall–Kier alpha value is -2.89. The summed E-state index contributed by atoms with van der Waals surface area (Å²) in [4.78, 5) is 11.6. The van der Waals surface area contributed by atoms with Gasteiger partial charge in [0.05, 0.1) is 6.26 Å². The second-order valence-corrected chi connectivity index (χ2v) is 5.11. The fourth-order valence-corrected chi connectivity index (χ4v) is 1.82. The SMILES string of the molecule is CC(C)C(=O)Nc1ccc(-c2nnc(-c3ccco3)o2)cc1. The van der Waals surface area contributed by atoms with Gasteiger partial charge in [-0.05, 0) is 36.4 Å². The lowest BCUT2D eigenvalue weighted by Gasteiger charge is -2.07. The van der Waals surface area contributed by atoms with Crippen molar-refractivity contribution in [3.63, 3.8) is 0 Å². The summed E-state index contributed by atoms with van der Waals surface area (Å²) in [6, 6.07) is 10.7. The first-order valence-corrected chi connectivity index (χ1v) is 6.92. The van der Waals surface area contributed by atoms with E-state index in [9.17, 15) is 4.79 Å². The quantitative estimate of drug-likeness (QED) is 0.795. The van der Waals surface area contributed by atoms with Gasteiger partial charge in [-0.25, -0.2) is 0 Å². The first-order chi connectivity index (χ1) is 10.6. The Labute approximate surface area is 127 Å². The number of hydrogen-bond donors (Lipinski definition) is 1. The van der Waals surface area contributed by atoms with E-state index in [1.807, 2.05) is 26.0 Å². The van der Waals surface area contributed by atoms with E-state index in [2.05, 4.69) is 15.5 Å². The number of amides is 1. The van der Waals surface area contributed by atoms with Gasteiger partial charge in [0, 0.05) is 17.2 Å². The maximum atomic E-state index is 11.6. The van der Waals surface area contributed by atoms with Crippen molar-refractivity contribution < 1.29 is 13.6 Å². The molecule has 0 radical (unpaired) electrons. The molecule has 0 bridgehead atoms. The topological polar surface area (TPSA) is 81.2 Å².